The fraction of sp³-hybridized carbons (Fsp3) is 0.611. The topological polar surface area (TPSA) is 78.5 Å². The molecule has 0 saturated carbocycles. The number of hydrogen-bond donors (Lipinski definition) is 2. The Morgan fingerprint density at radius 1 is 1.12 bits per heavy atom. The summed E-state index contributed by atoms with van der Waals surface area (Å²) in [5.41, 5.74) is 1.01. The standard InChI is InChI=1S/C18H27N3O3S/c1-25(23,24)20-16-9-7-14(8-10-16)18(22)19-13-15-5-4-12-21-11-3-2-6-17(15)21/h7-10,15,17,20H,2-6,11-13H2,1H3,(H,19,22)/t15-,17+/m0/s1. The summed E-state index contributed by atoms with van der Waals surface area (Å²) >= 11 is 0. The second-order valence-corrected chi connectivity index (χ2v) is 8.91. The average Bonchev–Trinajstić information content (AvgIpc) is 2.59. The van der Waals surface area contributed by atoms with Gasteiger partial charge in [-0.15, -0.1) is 0 Å². The molecule has 2 atom stereocenters. The molecule has 2 fully saturated rings. The van der Waals surface area contributed by atoms with Crippen molar-refractivity contribution in [1.82, 2.24) is 10.2 Å². The molecule has 0 aromatic heterocycles. The molecule has 7 heteroatoms. The highest BCUT2D eigenvalue weighted by molar-refractivity contribution is 7.92. The van der Waals surface area contributed by atoms with Gasteiger partial charge in [-0.25, -0.2) is 8.42 Å². The van der Waals surface area contributed by atoms with Gasteiger partial charge in [-0.2, -0.15) is 0 Å². The molecule has 0 aliphatic carbocycles. The van der Waals surface area contributed by atoms with Gasteiger partial charge in [-0.3, -0.25) is 9.52 Å². The fourth-order valence-corrected chi connectivity index (χ4v) is 4.61. The SMILES string of the molecule is CS(=O)(=O)Nc1ccc(C(=O)NC[C@@H]2CCCN3CCCC[C@H]23)cc1. The number of rotatable bonds is 5. The third-order valence-electron chi connectivity index (χ3n) is 5.20. The summed E-state index contributed by atoms with van der Waals surface area (Å²) in [6.45, 7) is 3.11. The van der Waals surface area contributed by atoms with Crippen LogP contribution in [0, 0.1) is 5.92 Å². The lowest BCUT2D eigenvalue weighted by Gasteiger charge is -2.44. The molecule has 0 spiro atoms. The van der Waals surface area contributed by atoms with Crippen molar-refractivity contribution in [3.8, 4) is 0 Å². The number of amides is 1. The van der Waals surface area contributed by atoms with Crippen molar-refractivity contribution in [3.05, 3.63) is 29.8 Å². The molecular weight excluding hydrogens is 338 g/mol. The summed E-state index contributed by atoms with van der Waals surface area (Å²) in [5, 5.41) is 3.07. The van der Waals surface area contributed by atoms with Gasteiger partial charge in [0, 0.05) is 23.8 Å². The number of fused-ring (bicyclic) bond motifs is 1. The molecule has 1 aromatic carbocycles. The van der Waals surface area contributed by atoms with Crippen LogP contribution in [0.5, 0.6) is 0 Å². The van der Waals surface area contributed by atoms with Crippen molar-refractivity contribution in [2.75, 3.05) is 30.6 Å². The van der Waals surface area contributed by atoms with Gasteiger partial charge in [0.1, 0.15) is 0 Å². The van der Waals surface area contributed by atoms with E-state index in [0.717, 1.165) is 6.26 Å². The van der Waals surface area contributed by atoms with E-state index < -0.39 is 10.0 Å². The van der Waals surface area contributed by atoms with Gasteiger partial charge >= 0.3 is 0 Å². The molecule has 1 amide bonds. The van der Waals surface area contributed by atoms with Crippen LogP contribution in [-0.4, -0.2) is 51.2 Å². The van der Waals surface area contributed by atoms with Crippen LogP contribution in [0.3, 0.4) is 0 Å². The number of benzene rings is 1. The van der Waals surface area contributed by atoms with Crippen LogP contribution < -0.4 is 10.0 Å². The molecule has 0 unspecified atom stereocenters. The van der Waals surface area contributed by atoms with Crippen molar-refractivity contribution >= 4 is 21.6 Å². The van der Waals surface area contributed by atoms with Crippen molar-refractivity contribution < 1.29 is 13.2 Å². The smallest absolute Gasteiger partial charge is 0.251 e. The lowest BCUT2D eigenvalue weighted by Crippen LogP contribution is -2.51. The number of hydrogen-bond acceptors (Lipinski definition) is 4. The van der Waals surface area contributed by atoms with Crippen molar-refractivity contribution in [1.29, 1.82) is 0 Å². The maximum atomic E-state index is 12.4. The largest absolute Gasteiger partial charge is 0.352 e. The summed E-state index contributed by atoms with van der Waals surface area (Å²) in [6, 6.07) is 7.13. The van der Waals surface area contributed by atoms with Crippen molar-refractivity contribution in [2.24, 2.45) is 5.92 Å². The minimum Gasteiger partial charge on any atom is -0.352 e. The number of sulfonamides is 1. The molecule has 0 radical (unpaired) electrons. The zero-order valence-corrected chi connectivity index (χ0v) is 15.5. The van der Waals surface area contributed by atoms with E-state index in [1.807, 2.05) is 0 Å². The first-order chi connectivity index (χ1) is 11.9. The average molecular weight is 365 g/mol. The molecule has 138 valence electrons. The van der Waals surface area contributed by atoms with E-state index in [0.29, 0.717) is 29.8 Å². The predicted octanol–water partition coefficient (Wildman–Crippen LogP) is 2.05. The van der Waals surface area contributed by atoms with Gasteiger partial charge in [-0.05, 0) is 69.0 Å². The third-order valence-corrected chi connectivity index (χ3v) is 5.81. The molecule has 2 aliphatic rings. The first-order valence-electron chi connectivity index (χ1n) is 9.02. The molecule has 2 N–H and O–H groups in total. The molecule has 6 nitrogen and oxygen atoms in total. The first-order valence-corrected chi connectivity index (χ1v) is 10.9. The number of carbonyl (C=O) groups is 1. The molecule has 2 aliphatic heterocycles. The highest BCUT2D eigenvalue weighted by Crippen LogP contribution is 2.30. The molecule has 1 aromatic rings. The molecular formula is C18H27N3O3S. The highest BCUT2D eigenvalue weighted by Gasteiger charge is 2.32. The zero-order chi connectivity index (χ0) is 17.9. The Kier molecular flexibility index (Phi) is 5.64. The van der Waals surface area contributed by atoms with Gasteiger partial charge in [0.25, 0.3) is 5.91 Å². The van der Waals surface area contributed by atoms with E-state index in [1.54, 1.807) is 24.3 Å². The van der Waals surface area contributed by atoms with Crippen molar-refractivity contribution in [2.45, 2.75) is 38.1 Å². The van der Waals surface area contributed by atoms with Crippen LogP contribution in [0.2, 0.25) is 0 Å². The fourth-order valence-electron chi connectivity index (χ4n) is 4.04. The van der Waals surface area contributed by atoms with Gasteiger partial charge in [0.2, 0.25) is 10.0 Å². The number of nitrogens with zero attached hydrogens (tertiary/aromatic N) is 1. The Morgan fingerprint density at radius 3 is 2.56 bits per heavy atom. The van der Waals surface area contributed by atoms with E-state index in [-0.39, 0.29) is 5.91 Å². The Hall–Kier alpha value is -1.60. The van der Waals surface area contributed by atoms with Gasteiger partial charge < -0.3 is 10.2 Å². The zero-order valence-electron chi connectivity index (χ0n) is 14.7. The van der Waals surface area contributed by atoms with E-state index in [2.05, 4.69) is 14.9 Å². The van der Waals surface area contributed by atoms with Crippen LogP contribution in [0.4, 0.5) is 5.69 Å². The minimum absolute atomic E-state index is 0.0983. The number of anilines is 1. The number of nitrogens with one attached hydrogen (secondary N) is 2. The van der Waals surface area contributed by atoms with E-state index in [4.69, 9.17) is 0 Å². The molecule has 0 bridgehead atoms. The highest BCUT2D eigenvalue weighted by atomic mass is 32.2. The summed E-state index contributed by atoms with van der Waals surface area (Å²) in [4.78, 5) is 15.0. The number of carbonyl (C=O) groups excluding carboxylic acids is 1. The first kappa shape index (κ1) is 18.2. The van der Waals surface area contributed by atoms with Gasteiger partial charge in [-0.1, -0.05) is 6.42 Å². The molecule has 3 rings (SSSR count). The predicted molar refractivity (Wildman–Crippen MR) is 99.2 cm³/mol. The van der Waals surface area contributed by atoms with E-state index >= 15 is 0 Å². The van der Waals surface area contributed by atoms with Crippen LogP contribution in [-0.2, 0) is 10.0 Å². The van der Waals surface area contributed by atoms with Crippen molar-refractivity contribution in [3.63, 3.8) is 0 Å². The minimum atomic E-state index is -3.30. The Bertz CT molecular complexity index is 701. The maximum Gasteiger partial charge on any atom is 0.251 e. The van der Waals surface area contributed by atoms with Crippen LogP contribution in [0.25, 0.3) is 0 Å². The molecule has 2 saturated heterocycles. The quantitative estimate of drug-likeness (QED) is 0.837. The molecule has 2 heterocycles. The molecule has 25 heavy (non-hydrogen) atoms. The second-order valence-electron chi connectivity index (χ2n) is 7.16. The number of piperidine rings is 2. The monoisotopic (exact) mass is 365 g/mol. The van der Waals surface area contributed by atoms with Gasteiger partial charge in [0.15, 0.2) is 0 Å². The Balaban J connectivity index is 1.55. The lowest BCUT2D eigenvalue weighted by molar-refractivity contribution is 0.0575. The van der Waals surface area contributed by atoms with E-state index in [1.165, 1.54) is 45.2 Å². The summed E-state index contributed by atoms with van der Waals surface area (Å²) < 4.78 is 24.8. The summed E-state index contributed by atoms with van der Waals surface area (Å²) in [7, 11) is -3.30. The maximum absolute atomic E-state index is 12.4. The third kappa shape index (κ3) is 4.95. The van der Waals surface area contributed by atoms with E-state index in [9.17, 15) is 13.2 Å². The van der Waals surface area contributed by atoms with Crippen LogP contribution >= 0.6 is 0 Å². The van der Waals surface area contributed by atoms with Crippen LogP contribution in [0.15, 0.2) is 24.3 Å². The Labute approximate surface area is 150 Å². The Morgan fingerprint density at radius 2 is 1.84 bits per heavy atom. The second kappa shape index (κ2) is 7.74. The summed E-state index contributed by atoms with van der Waals surface area (Å²) in [6.07, 6.45) is 7.32. The lowest BCUT2D eigenvalue weighted by atomic mass is 9.83. The van der Waals surface area contributed by atoms with Gasteiger partial charge in [0.05, 0.1) is 6.26 Å². The van der Waals surface area contributed by atoms with Crippen LogP contribution in [0.1, 0.15) is 42.5 Å². The normalized spacial score (nSPS) is 24.4. The summed E-state index contributed by atoms with van der Waals surface area (Å²) in [5.74, 6) is 0.433.